The molecule has 1 atom stereocenters. The molecule has 0 saturated heterocycles. The molecule has 0 aliphatic rings. The van der Waals surface area contributed by atoms with Crippen LogP contribution in [0.1, 0.15) is 17.2 Å². The highest BCUT2D eigenvalue weighted by Gasteiger charge is 2.09. The Morgan fingerprint density at radius 1 is 1.13 bits per heavy atom. The van der Waals surface area contributed by atoms with Gasteiger partial charge in [-0.25, -0.2) is 0 Å². The number of benzene rings is 1. The average molecular weight is 219 g/mol. The van der Waals surface area contributed by atoms with E-state index in [0.717, 1.165) is 11.1 Å². The Morgan fingerprint density at radius 2 is 1.87 bits per heavy atom. The zero-order chi connectivity index (χ0) is 10.7. The van der Waals surface area contributed by atoms with Crippen LogP contribution >= 0.6 is 11.8 Å². The van der Waals surface area contributed by atoms with Crippen LogP contribution in [0.4, 0.5) is 0 Å². The number of thioether (sulfide) groups is 1. The molecule has 0 aliphatic carbocycles. The molecule has 1 unspecified atom stereocenters. The summed E-state index contributed by atoms with van der Waals surface area (Å²) in [7, 11) is 0. The first-order valence-corrected chi connectivity index (χ1v) is 5.98. The van der Waals surface area contributed by atoms with Crippen molar-refractivity contribution in [2.24, 2.45) is 0 Å². The minimum absolute atomic E-state index is 0.535. The van der Waals surface area contributed by atoms with Crippen molar-refractivity contribution in [1.29, 1.82) is 0 Å². The van der Waals surface area contributed by atoms with Gasteiger partial charge >= 0.3 is 0 Å². The standard InChI is InChI=1S/C12H13NOS/c1-15-11-4-2-9(3-5-11)12(14)10-6-7-13-8-10/h2-8,12-14H,1H3. The largest absolute Gasteiger partial charge is 0.384 e. The predicted molar refractivity (Wildman–Crippen MR) is 63.1 cm³/mol. The van der Waals surface area contributed by atoms with Crippen molar-refractivity contribution in [2.45, 2.75) is 11.0 Å². The smallest absolute Gasteiger partial charge is 0.106 e. The SMILES string of the molecule is CSc1ccc(C(O)c2cc[nH]c2)cc1. The van der Waals surface area contributed by atoms with Crippen LogP contribution in [0, 0.1) is 0 Å². The maximum absolute atomic E-state index is 10.0. The van der Waals surface area contributed by atoms with Gasteiger partial charge in [0.2, 0.25) is 0 Å². The lowest BCUT2D eigenvalue weighted by atomic mass is 10.0. The molecule has 15 heavy (non-hydrogen) atoms. The van der Waals surface area contributed by atoms with Gasteiger partial charge in [-0.05, 0) is 30.0 Å². The predicted octanol–water partition coefficient (Wildman–Crippen LogP) is 2.82. The Morgan fingerprint density at radius 3 is 2.40 bits per heavy atom. The average Bonchev–Trinajstić information content (AvgIpc) is 2.82. The van der Waals surface area contributed by atoms with Gasteiger partial charge in [0.25, 0.3) is 0 Å². The lowest BCUT2D eigenvalue weighted by Crippen LogP contribution is -1.97. The fraction of sp³-hybridized carbons (Fsp3) is 0.167. The van der Waals surface area contributed by atoms with Crippen LogP contribution in [0.15, 0.2) is 47.6 Å². The summed E-state index contributed by atoms with van der Waals surface area (Å²) in [5.41, 5.74) is 1.82. The Hall–Kier alpha value is -1.19. The molecule has 2 N–H and O–H groups in total. The number of H-pyrrole nitrogens is 1. The number of hydrogen-bond donors (Lipinski definition) is 2. The summed E-state index contributed by atoms with van der Waals surface area (Å²) in [6.45, 7) is 0. The van der Waals surface area contributed by atoms with Crippen LogP contribution < -0.4 is 0 Å². The van der Waals surface area contributed by atoms with Crippen molar-refractivity contribution in [3.63, 3.8) is 0 Å². The number of aliphatic hydroxyl groups is 1. The van der Waals surface area contributed by atoms with E-state index >= 15 is 0 Å². The second kappa shape index (κ2) is 4.55. The first-order chi connectivity index (χ1) is 7.31. The normalized spacial score (nSPS) is 12.7. The lowest BCUT2D eigenvalue weighted by molar-refractivity contribution is 0.220. The summed E-state index contributed by atoms with van der Waals surface area (Å²) >= 11 is 1.70. The Kier molecular flexibility index (Phi) is 3.14. The Bertz CT molecular complexity index is 408. The third kappa shape index (κ3) is 2.25. The van der Waals surface area contributed by atoms with Crippen LogP contribution in [0.2, 0.25) is 0 Å². The summed E-state index contributed by atoms with van der Waals surface area (Å²) < 4.78 is 0. The highest BCUT2D eigenvalue weighted by Crippen LogP contribution is 2.23. The zero-order valence-corrected chi connectivity index (χ0v) is 9.29. The van der Waals surface area contributed by atoms with E-state index in [1.165, 1.54) is 4.90 Å². The zero-order valence-electron chi connectivity index (χ0n) is 8.47. The van der Waals surface area contributed by atoms with Gasteiger partial charge in [0.15, 0.2) is 0 Å². The molecule has 2 rings (SSSR count). The molecule has 0 fully saturated rings. The van der Waals surface area contributed by atoms with Gasteiger partial charge in [-0.15, -0.1) is 11.8 Å². The van der Waals surface area contributed by atoms with E-state index in [1.54, 1.807) is 11.8 Å². The molecule has 0 bridgehead atoms. The van der Waals surface area contributed by atoms with Crippen LogP contribution in [-0.4, -0.2) is 16.3 Å². The third-order valence-corrected chi connectivity index (χ3v) is 3.11. The first-order valence-electron chi connectivity index (χ1n) is 4.76. The van der Waals surface area contributed by atoms with E-state index in [2.05, 4.69) is 4.98 Å². The fourth-order valence-corrected chi connectivity index (χ4v) is 1.89. The minimum Gasteiger partial charge on any atom is -0.384 e. The summed E-state index contributed by atoms with van der Waals surface area (Å²) in [6.07, 6.45) is 5.13. The number of rotatable bonds is 3. The number of hydrogen-bond acceptors (Lipinski definition) is 2. The van der Waals surface area contributed by atoms with E-state index in [0.29, 0.717) is 0 Å². The molecular weight excluding hydrogens is 206 g/mol. The van der Waals surface area contributed by atoms with Gasteiger partial charge in [-0.1, -0.05) is 12.1 Å². The van der Waals surface area contributed by atoms with Crippen molar-refractivity contribution in [2.75, 3.05) is 6.26 Å². The molecule has 0 saturated carbocycles. The maximum atomic E-state index is 10.0. The highest BCUT2D eigenvalue weighted by molar-refractivity contribution is 7.98. The number of nitrogens with one attached hydrogen (secondary N) is 1. The summed E-state index contributed by atoms with van der Waals surface area (Å²) in [5, 5.41) is 10.0. The first kappa shape index (κ1) is 10.3. The van der Waals surface area contributed by atoms with E-state index in [9.17, 15) is 5.11 Å². The minimum atomic E-state index is -0.535. The monoisotopic (exact) mass is 219 g/mol. The molecule has 2 nitrogen and oxygen atoms in total. The molecular formula is C12H13NOS. The topological polar surface area (TPSA) is 36.0 Å². The number of aromatic nitrogens is 1. The molecule has 0 aliphatic heterocycles. The third-order valence-electron chi connectivity index (χ3n) is 2.37. The van der Waals surface area contributed by atoms with E-state index in [4.69, 9.17) is 0 Å². The second-order valence-electron chi connectivity index (χ2n) is 3.32. The van der Waals surface area contributed by atoms with E-state index in [-0.39, 0.29) is 0 Å². The van der Waals surface area contributed by atoms with Crippen molar-refractivity contribution < 1.29 is 5.11 Å². The number of aromatic amines is 1. The molecule has 0 radical (unpaired) electrons. The van der Waals surface area contributed by atoms with Crippen LogP contribution in [0.25, 0.3) is 0 Å². The van der Waals surface area contributed by atoms with Crippen molar-refractivity contribution in [3.8, 4) is 0 Å². The van der Waals surface area contributed by atoms with Gasteiger partial charge in [0, 0.05) is 22.9 Å². The molecule has 3 heteroatoms. The van der Waals surface area contributed by atoms with Crippen LogP contribution in [0.5, 0.6) is 0 Å². The quantitative estimate of drug-likeness (QED) is 0.779. The van der Waals surface area contributed by atoms with Crippen LogP contribution in [-0.2, 0) is 0 Å². The molecule has 2 aromatic rings. The van der Waals surface area contributed by atoms with E-state index in [1.807, 2.05) is 49.0 Å². The summed E-state index contributed by atoms with van der Waals surface area (Å²) in [5.74, 6) is 0. The molecule has 1 heterocycles. The second-order valence-corrected chi connectivity index (χ2v) is 4.20. The van der Waals surface area contributed by atoms with Gasteiger partial charge in [-0.3, -0.25) is 0 Å². The highest BCUT2D eigenvalue weighted by atomic mass is 32.2. The van der Waals surface area contributed by atoms with Crippen molar-refractivity contribution in [1.82, 2.24) is 4.98 Å². The van der Waals surface area contributed by atoms with Crippen molar-refractivity contribution in [3.05, 3.63) is 53.9 Å². The fourth-order valence-electron chi connectivity index (χ4n) is 1.49. The van der Waals surface area contributed by atoms with Gasteiger partial charge in [0.1, 0.15) is 6.10 Å². The molecule has 1 aromatic carbocycles. The molecule has 0 spiro atoms. The maximum Gasteiger partial charge on any atom is 0.106 e. The van der Waals surface area contributed by atoms with E-state index < -0.39 is 6.10 Å². The number of aliphatic hydroxyl groups excluding tert-OH is 1. The lowest BCUT2D eigenvalue weighted by Gasteiger charge is -2.09. The van der Waals surface area contributed by atoms with Crippen LogP contribution in [0.3, 0.4) is 0 Å². The molecule has 0 amide bonds. The Labute approximate surface area is 93.3 Å². The summed E-state index contributed by atoms with van der Waals surface area (Å²) in [6, 6.07) is 9.85. The molecule has 1 aromatic heterocycles. The van der Waals surface area contributed by atoms with Crippen molar-refractivity contribution >= 4 is 11.8 Å². The van der Waals surface area contributed by atoms with Gasteiger partial charge in [-0.2, -0.15) is 0 Å². The van der Waals surface area contributed by atoms with Gasteiger partial charge in [0.05, 0.1) is 0 Å². The molecule has 78 valence electrons. The Balaban J connectivity index is 2.22. The van der Waals surface area contributed by atoms with Gasteiger partial charge < -0.3 is 10.1 Å². The summed E-state index contributed by atoms with van der Waals surface area (Å²) in [4.78, 5) is 4.15.